The van der Waals surface area contributed by atoms with Gasteiger partial charge in [0.15, 0.2) is 0 Å². The molecule has 0 saturated heterocycles. The Morgan fingerprint density at radius 2 is 1.65 bits per heavy atom. The van der Waals surface area contributed by atoms with Crippen molar-refractivity contribution in [3.8, 4) is 0 Å². The molecule has 0 saturated carbocycles. The van der Waals surface area contributed by atoms with Gasteiger partial charge < -0.3 is 15.4 Å². The molecule has 0 radical (unpaired) electrons. The van der Waals surface area contributed by atoms with Gasteiger partial charge in [-0.1, -0.05) is 37.6 Å². The SMILES string of the molecule is CO[C@H](c1ccc(Cl)cc1)[C@@H](C)NC(=O)[C@@H](NC(C)=O)C(C)C. The molecular formula is C17H25ClN2O3. The lowest BCUT2D eigenvalue weighted by molar-refractivity contribution is -0.130. The minimum atomic E-state index is -0.572. The largest absolute Gasteiger partial charge is 0.375 e. The number of hydrogen-bond donors (Lipinski definition) is 2. The molecule has 1 aromatic rings. The van der Waals surface area contributed by atoms with Crippen LogP contribution >= 0.6 is 11.6 Å². The molecule has 0 fully saturated rings. The smallest absolute Gasteiger partial charge is 0.243 e. The summed E-state index contributed by atoms with van der Waals surface area (Å²) in [6.45, 7) is 7.04. The topological polar surface area (TPSA) is 67.4 Å². The van der Waals surface area contributed by atoms with Crippen LogP contribution in [-0.2, 0) is 14.3 Å². The first-order chi connectivity index (χ1) is 10.8. The van der Waals surface area contributed by atoms with E-state index in [2.05, 4.69) is 10.6 Å². The van der Waals surface area contributed by atoms with Crippen LogP contribution in [0.2, 0.25) is 5.02 Å². The van der Waals surface area contributed by atoms with E-state index >= 15 is 0 Å². The molecule has 0 aliphatic heterocycles. The first-order valence-electron chi connectivity index (χ1n) is 7.62. The summed E-state index contributed by atoms with van der Waals surface area (Å²) in [5, 5.41) is 6.24. The molecule has 5 nitrogen and oxygen atoms in total. The molecule has 0 aliphatic rings. The molecule has 0 aromatic heterocycles. The number of halogens is 1. The van der Waals surface area contributed by atoms with Gasteiger partial charge in [0.2, 0.25) is 11.8 Å². The van der Waals surface area contributed by atoms with Crippen molar-refractivity contribution < 1.29 is 14.3 Å². The number of methoxy groups -OCH3 is 1. The molecule has 0 spiro atoms. The molecule has 0 aliphatic carbocycles. The van der Waals surface area contributed by atoms with Gasteiger partial charge >= 0.3 is 0 Å². The Kier molecular flexibility index (Phi) is 7.52. The van der Waals surface area contributed by atoms with Gasteiger partial charge in [0.05, 0.1) is 6.04 Å². The predicted molar refractivity (Wildman–Crippen MR) is 91.2 cm³/mol. The summed E-state index contributed by atoms with van der Waals surface area (Å²) in [6, 6.07) is 6.47. The second-order valence-electron chi connectivity index (χ2n) is 5.93. The van der Waals surface area contributed by atoms with Crippen molar-refractivity contribution in [1.29, 1.82) is 0 Å². The van der Waals surface area contributed by atoms with Crippen molar-refractivity contribution in [3.05, 3.63) is 34.9 Å². The van der Waals surface area contributed by atoms with Gasteiger partial charge in [-0.25, -0.2) is 0 Å². The second kappa shape index (κ2) is 8.89. The highest BCUT2D eigenvalue weighted by Gasteiger charge is 2.27. The molecule has 1 rings (SSSR count). The maximum Gasteiger partial charge on any atom is 0.243 e. The van der Waals surface area contributed by atoms with Crippen LogP contribution < -0.4 is 10.6 Å². The normalized spacial score (nSPS) is 14.9. The van der Waals surface area contributed by atoms with Gasteiger partial charge in [-0.3, -0.25) is 9.59 Å². The molecule has 0 heterocycles. The highest BCUT2D eigenvalue weighted by Crippen LogP contribution is 2.22. The van der Waals surface area contributed by atoms with Crippen LogP contribution in [0.1, 0.15) is 39.4 Å². The Morgan fingerprint density at radius 1 is 1.09 bits per heavy atom. The van der Waals surface area contributed by atoms with Crippen LogP contribution in [0.4, 0.5) is 0 Å². The molecule has 0 bridgehead atoms. The highest BCUT2D eigenvalue weighted by molar-refractivity contribution is 6.30. The van der Waals surface area contributed by atoms with Crippen LogP contribution in [0.15, 0.2) is 24.3 Å². The van der Waals surface area contributed by atoms with Crippen LogP contribution in [0, 0.1) is 5.92 Å². The van der Waals surface area contributed by atoms with Gasteiger partial charge in [-0.2, -0.15) is 0 Å². The zero-order valence-electron chi connectivity index (χ0n) is 14.2. The van der Waals surface area contributed by atoms with E-state index in [0.717, 1.165) is 5.56 Å². The Balaban J connectivity index is 2.81. The van der Waals surface area contributed by atoms with Crippen molar-refractivity contribution in [2.75, 3.05) is 7.11 Å². The van der Waals surface area contributed by atoms with Gasteiger partial charge in [0, 0.05) is 19.1 Å². The number of carbonyl (C=O) groups excluding carboxylic acids is 2. The Labute approximate surface area is 142 Å². The number of carbonyl (C=O) groups is 2. The molecule has 0 unspecified atom stereocenters. The van der Waals surface area contributed by atoms with Crippen molar-refractivity contribution in [3.63, 3.8) is 0 Å². The van der Waals surface area contributed by atoms with Crippen molar-refractivity contribution in [2.45, 2.75) is 45.9 Å². The lowest BCUT2D eigenvalue weighted by Gasteiger charge is -2.28. The third kappa shape index (κ3) is 5.84. The summed E-state index contributed by atoms with van der Waals surface area (Å²) in [5.74, 6) is -0.464. The quantitative estimate of drug-likeness (QED) is 0.802. The fourth-order valence-corrected chi connectivity index (χ4v) is 2.55. The van der Waals surface area contributed by atoms with E-state index in [9.17, 15) is 9.59 Å². The minimum absolute atomic E-state index is 0.0115. The molecule has 2 amide bonds. The summed E-state index contributed by atoms with van der Waals surface area (Å²) in [6.07, 6.45) is -0.304. The van der Waals surface area contributed by atoms with E-state index in [1.807, 2.05) is 32.9 Å². The van der Waals surface area contributed by atoms with E-state index in [0.29, 0.717) is 5.02 Å². The average Bonchev–Trinajstić information content (AvgIpc) is 2.46. The first-order valence-corrected chi connectivity index (χ1v) is 7.99. The summed E-state index contributed by atoms with van der Waals surface area (Å²) >= 11 is 5.90. The number of nitrogens with one attached hydrogen (secondary N) is 2. The van der Waals surface area contributed by atoms with Crippen molar-refractivity contribution in [1.82, 2.24) is 10.6 Å². The summed E-state index contributed by atoms with van der Waals surface area (Å²) in [4.78, 5) is 23.7. The van der Waals surface area contributed by atoms with E-state index in [1.165, 1.54) is 6.92 Å². The van der Waals surface area contributed by atoms with E-state index in [1.54, 1.807) is 19.2 Å². The molecule has 6 heteroatoms. The van der Waals surface area contributed by atoms with Crippen LogP contribution in [0.5, 0.6) is 0 Å². The van der Waals surface area contributed by atoms with Crippen LogP contribution in [0.3, 0.4) is 0 Å². The fourth-order valence-electron chi connectivity index (χ4n) is 2.43. The van der Waals surface area contributed by atoms with Crippen LogP contribution in [-0.4, -0.2) is 31.0 Å². The lowest BCUT2D eigenvalue weighted by Crippen LogP contribution is -2.52. The summed E-state index contributed by atoms with van der Waals surface area (Å²) in [5.41, 5.74) is 0.922. The van der Waals surface area contributed by atoms with Crippen molar-refractivity contribution >= 4 is 23.4 Å². The maximum atomic E-state index is 12.4. The van der Waals surface area contributed by atoms with Crippen LogP contribution in [0.25, 0.3) is 0 Å². The summed E-state index contributed by atoms with van der Waals surface area (Å²) in [7, 11) is 1.59. The lowest BCUT2D eigenvalue weighted by atomic mass is 10.0. The summed E-state index contributed by atoms with van der Waals surface area (Å²) < 4.78 is 5.52. The molecule has 2 N–H and O–H groups in total. The second-order valence-corrected chi connectivity index (χ2v) is 6.36. The van der Waals surface area contributed by atoms with Gasteiger partial charge in [0.25, 0.3) is 0 Å². The van der Waals surface area contributed by atoms with Crippen molar-refractivity contribution in [2.24, 2.45) is 5.92 Å². The Morgan fingerprint density at radius 3 is 2.09 bits per heavy atom. The first kappa shape index (κ1) is 19.5. The minimum Gasteiger partial charge on any atom is -0.375 e. The van der Waals surface area contributed by atoms with Gasteiger partial charge in [-0.15, -0.1) is 0 Å². The van der Waals surface area contributed by atoms with Gasteiger partial charge in [0.1, 0.15) is 12.1 Å². The van der Waals surface area contributed by atoms with E-state index in [4.69, 9.17) is 16.3 Å². The molecule has 3 atom stereocenters. The number of amides is 2. The van der Waals surface area contributed by atoms with E-state index in [-0.39, 0.29) is 29.9 Å². The Bertz CT molecular complexity index is 531. The third-order valence-corrected chi connectivity index (χ3v) is 3.84. The number of hydrogen-bond acceptors (Lipinski definition) is 3. The fraction of sp³-hybridized carbons (Fsp3) is 0.529. The molecule has 128 valence electrons. The predicted octanol–water partition coefficient (Wildman–Crippen LogP) is 2.69. The van der Waals surface area contributed by atoms with Gasteiger partial charge in [-0.05, 0) is 30.5 Å². The molecule has 1 aromatic carbocycles. The maximum absolute atomic E-state index is 12.4. The van der Waals surface area contributed by atoms with E-state index < -0.39 is 6.04 Å². The number of rotatable bonds is 7. The Hall–Kier alpha value is -1.59. The zero-order chi connectivity index (χ0) is 17.6. The highest BCUT2D eigenvalue weighted by atomic mass is 35.5. The molecular weight excluding hydrogens is 316 g/mol. The number of benzene rings is 1. The average molecular weight is 341 g/mol. The standard InChI is InChI=1S/C17H25ClN2O3/c1-10(2)15(20-12(4)21)17(22)19-11(3)16(23-5)13-6-8-14(18)9-7-13/h6-11,15-16H,1-5H3,(H,19,22)(H,20,21)/t11-,15+,16+/m1/s1. The zero-order valence-corrected chi connectivity index (χ0v) is 15.0. The third-order valence-electron chi connectivity index (χ3n) is 3.58. The number of ether oxygens (including phenoxy) is 1. The monoisotopic (exact) mass is 340 g/mol. The molecule has 23 heavy (non-hydrogen) atoms.